The van der Waals surface area contributed by atoms with E-state index in [1.54, 1.807) is 18.5 Å². The molecule has 0 fully saturated rings. The quantitative estimate of drug-likeness (QED) is 0.789. The van der Waals surface area contributed by atoms with Crippen molar-refractivity contribution >= 4 is 12.6 Å². The topological polar surface area (TPSA) is 64.5 Å². The molecule has 0 aliphatic carbocycles. The summed E-state index contributed by atoms with van der Waals surface area (Å²) in [6.07, 6.45) is 4.68. The number of benzene rings is 1. The average Bonchev–Trinajstić information content (AvgIpc) is 2.73. The highest BCUT2D eigenvalue weighted by Gasteiger charge is 2.29. The van der Waals surface area contributed by atoms with Crippen LogP contribution in [-0.4, -0.2) is 22.1 Å². The normalized spacial score (nSPS) is 13.6. The Balaban J connectivity index is 1.95. The molecule has 1 aromatic heterocycles. The second-order valence-electron chi connectivity index (χ2n) is 4.12. The Morgan fingerprint density at radius 1 is 1.39 bits per heavy atom. The zero-order chi connectivity index (χ0) is 12.5. The fourth-order valence-electron chi connectivity index (χ4n) is 2.00. The van der Waals surface area contributed by atoms with E-state index in [1.807, 2.05) is 13.0 Å². The highest BCUT2D eigenvalue weighted by atomic mass is 16.5. The summed E-state index contributed by atoms with van der Waals surface area (Å²) in [4.78, 5) is 7.97. The first-order valence-electron chi connectivity index (χ1n) is 5.61. The number of hydrogen-bond acceptors (Lipinski definition) is 5. The third kappa shape index (κ3) is 1.96. The lowest BCUT2D eigenvalue weighted by Crippen LogP contribution is -2.28. The van der Waals surface area contributed by atoms with Crippen LogP contribution >= 0.6 is 0 Å². The summed E-state index contributed by atoms with van der Waals surface area (Å²) in [5.41, 5.74) is 2.81. The molecule has 1 aliphatic heterocycles. The molecule has 1 aliphatic rings. The van der Waals surface area contributed by atoms with E-state index >= 15 is 0 Å². The van der Waals surface area contributed by atoms with Gasteiger partial charge < -0.3 is 14.4 Å². The number of nitrogens with zero attached hydrogens (tertiary/aromatic N) is 2. The Morgan fingerprint density at radius 3 is 3.06 bits per heavy atom. The van der Waals surface area contributed by atoms with E-state index in [4.69, 9.17) is 9.39 Å². The van der Waals surface area contributed by atoms with Gasteiger partial charge in [-0.3, -0.25) is 4.98 Å². The maximum absolute atomic E-state index is 9.69. The van der Waals surface area contributed by atoms with Crippen molar-refractivity contribution in [3.63, 3.8) is 0 Å². The summed E-state index contributed by atoms with van der Waals surface area (Å²) in [5.74, 6) is 1.04. The van der Waals surface area contributed by atoms with Gasteiger partial charge in [-0.15, -0.1) is 0 Å². The molecule has 0 saturated heterocycles. The van der Waals surface area contributed by atoms with Crippen molar-refractivity contribution in [3.8, 4) is 11.6 Å². The van der Waals surface area contributed by atoms with Crippen molar-refractivity contribution in [2.75, 3.05) is 0 Å². The molecule has 0 atom stereocenters. The highest BCUT2D eigenvalue weighted by molar-refractivity contribution is 6.61. The molecular formula is C12H11BN2O3. The number of aromatic nitrogens is 2. The largest absolute Gasteiger partial charge is 0.491 e. The van der Waals surface area contributed by atoms with Gasteiger partial charge in [0.15, 0.2) is 0 Å². The Bertz CT molecular complexity index is 577. The van der Waals surface area contributed by atoms with E-state index in [0.29, 0.717) is 18.2 Å². The summed E-state index contributed by atoms with van der Waals surface area (Å²) in [6.45, 7) is 2.40. The number of rotatable bonds is 2. The van der Waals surface area contributed by atoms with Crippen molar-refractivity contribution in [1.29, 1.82) is 0 Å². The third-order valence-electron chi connectivity index (χ3n) is 2.89. The molecule has 2 heterocycles. The Kier molecular flexibility index (Phi) is 2.73. The summed E-state index contributed by atoms with van der Waals surface area (Å²) in [6, 6.07) is 3.67. The predicted molar refractivity (Wildman–Crippen MR) is 65.7 cm³/mol. The molecule has 1 aromatic carbocycles. The summed E-state index contributed by atoms with van der Waals surface area (Å²) in [5, 5.41) is 9.69. The smallest absolute Gasteiger partial charge is 0.438 e. The van der Waals surface area contributed by atoms with Gasteiger partial charge in [-0.25, -0.2) is 4.98 Å². The second-order valence-corrected chi connectivity index (χ2v) is 4.12. The molecule has 90 valence electrons. The van der Waals surface area contributed by atoms with Crippen molar-refractivity contribution < 1.29 is 14.4 Å². The maximum atomic E-state index is 9.69. The van der Waals surface area contributed by atoms with Crippen molar-refractivity contribution in [2.45, 2.75) is 13.5 Å². The minimum absolute atomic E-state index is 0.422. The molecule has 6 heteroatoms. The van der Waals surface area contributed by atoms with Gasteiger partial charge in [0.25, 0.3) is 0 Å². The zero-order valence-corrected chi connectivity index (χ0v) is 9.83. The predicted octanol–water partition coefficient (Wildman–Crippen LogP) is 0.795. The summed E-state index contributed by atoms with van der Waals surface area (Å²) in [7, 11) is -0.871. The first-order valence-corrected chi connectivity index (χ1v) is 5.61. The van der Waals surface area contributed by atoms with Crippen LogP contribution in [0.3, 0.4) is 0 Å². The molecule has 0 spiro atoms. The van der Waals surface area contributed by atoms with E-state index in [1.165, 1.54) is 6.20 Å². The molecule has 0 saturated carbocycles. The maximum Gasteiger partial charge on any atom is 0.491 e. The molecule has 1 N–H and O–H groups in total. The van der Waals surface area contributed by atoms with E-state index in [-0.39, 0.29) is 0 Å². The van der Waals surface area contributed by atoms with Gasteiger partial charge in [0.2, 0.25) is 5.88 Å². The second kappa shape index (κ2) is 4.40. The lowest BCUT2D eigenvalue weighted by atomic mass is 9.78. The Morgan fingerprint density at radius 2 is 2.28 bits per heavy atom. The number of ether oxygens (including phenoxy) is 1. The zero-order valence-electron chi connectivity index (χ0n) is 9.83. The van der Waals surface area contributed by atoms with Crippen LogP contribution in [0, 0.1) is 6.92 Å². The Hall–Kier alpha value is -1.92. The van der Waals surface area contributed by atoms with Gasteiger partial charge >= 0.3 is 7.12 Å². The van der Waals surface area contributed by atoms with Crippen LogP contribution in [0.1, 0.15) is 11.1 Å². The van der Waals surface area contributed by atoms with Crippen LogP contribution < -0.4 is 10.2 Å². The number of fused-ring (bicyclic) bond motifs is 1. The lowest BCUT2D eigenvalue weighted by Gasteiger charge is -2.08. The summed E-state index contributed by atoms with van der Waals surface area (Å²) < 4.78 is 10.8. The molecule has 2 aromatic rings. The van der Waals surface area contributed by atoms with E-state index in [0.717, 1.165) is 16.6 Å². The number of aryl methyl sites for hydroxylation is 1. The third-order valence-corrected chi connectivity index (χ3v) is 2.89. The SMILES string of the molecule is Cc1cc(Oc2cnccn2)cc2c1COB2O. The van der Waals surface area contributed by atoms with Crippen molar-refractivity contribution in [1.82, 2.24) is 9.97 Å². The fourth-order valence-corrected chi connectivity index (χ4v) is 2.00. The monoisotopic (exact) mass is 242 g/mol. The Labute approximate surface area is 105 Å². The molecular weight excluding hydrogens is 231 g/mol. The van der Waals surface area contributed by atoms with Crippen LogP contribution in [0.5, 0.6) is 11.6 Å². The minimum atomic E-state index is -0.871. The highest BCUT2D eigenvalue weighted by Crippen LogP contribution is 2.23. The molecule has 0 unspecified atom stereocenters. The van der Waals surface area contributed by atoms with Crippen LogP contribution in [0.15, 0.2) is 30.7 Å². The van der Waals surface area contributed by atoms with Crippen LogP contribution in [0.25, 0.3) is 0 Å². The summed E-state index contributed by atoms with van der Waals surface area (Å²) >= 11 is 0. The number of hydrogen-bond donors (Lipinski definition) is 1. The average molecular weight is 242 g/mol. The van der Waals surface area contributed by atoms with Gasteiger partial charge in [0.05, 0.1) is 12.8 Å². The van der Waals surface area contributed by atoms with Gasteiger partial charge in [0.1, 0.15) is 5.75 Å². The van der Waals surface area contributed by atoms with E-state index < -0.39 is 7.12 Å². The van der Waals surface area contributed by atoms with Gasteiger partial charge in [-0.05, 0) is 35.6 Å². The van der Waals surface area contributed by atoms with Crippen LogP contribution in [0.2, 0.25) is 0 Å². The van der Waals surface area contributed by atoms with Crippen LogP contribution in [0.4, 0.5) is 0 Å². The molecule has 18 heavy (non-hydrogen) atoms. The minimum Gasteiger partial charge on any atom is -0.438 e. The molecule has 0 radical (unpaired) electrons. The van der Waals surface area contributed by atoms with Gasteiger partial charge in [-0.2, -0.15) is 0 Å². The molecule has 0 bridgehead atoms. The lowest BCUT2D eigenvalue weighted by molar-refractivity contribution is 0.275. The van der Waals surface area contributed by atoms with Crippen molar-refractivity contribution in [2.24, 2.45) is 0 Å². The van der Waals surface area contributed by atoms with E-state index in [2.05, 4.69) is 9.97 Å². The van der Waals surface area contributed by atoms with Gasteiger partial charge in [0, 0.05) is 12.4 Å². The van der Waals surface area contributed by atoms with Crippen molar-refractivity contribution in [3.05, 3.63) is 41.9 Å². The van der Waals surface area contributed by atoms with Gasteiger partial charge in [-0.1, -0.05) is 0 Å². The van der Waals surface area contributed by atoms with Crippen LogP contribution in [-0.2, 0) is 11.3 Å². The molecule has 0 amide bonds. The van der Waals surface area contributed by atoms with E-state index in [9.17, 15) is 5.02 Å². The standard InChI is InChI=1S/C12H11BN2O3/c1-8-4-9(18-12-6-14-2-3-15-12)5-11-10(8)7-17-13(11)16/h2-6,16H,7H2,1H3. The first kappa shape index (κ1) is 11.2. The molecule has 5 nitrogen and oxygen atoms in total. The first-order chi connectivity index (χ1) is 8.74. The fraction of sp³-hybridized carbons (Fsp3) is 0.167. The molecule has 3 rings (SSSR count).